The number of aromatic nitrogens is 3. The maximum absolute atomic E-state index is 5.97. The number of hydrogen-bond acceptors (Lipinski definition) is 4. The highest BCUT2D eigenvalue weighted by atomic mass is 16.5. The summed E-state index contributed by atoms with van der Waals surface area (Å²) < 4.78 is 7.10. The van der Waals surface area contributed by atoms with Gasteiger partial charge in [-0.15, -0.1) is 0 Å². The molecule has 3 rings (SSSR count). The molecule has 1 aromatic carbocycles. The number of methoxy groups -OCH3 is 1. The number of hydrogen-bond donors (Lipinski definition) is 1. The quantitative estimate of drug-likeness (QED) is 0.792. The maximum Gasteiger partial charge on any atom is 0.145 e. The predicted octanol–water partition coefficient (Wildman–Crippen LogP) is 2.38. The van der Waals surface area contributed by atoms with E-state index in [4.69, 9.17) is 10.5 Å². The Morgan fingerprint density at radius 1 is 1.25 bits per heavy atom. The first-order valence-corrected chi connectivity index (χ1v) is 6.39. The van der Waals surface area contributed by atoms with E-state index in [0.717, 1.165) is 27.9 Å². The number of rotatable bonds is 3. The van der Waals surface area contributed by atoms with E-state index in [2.05, 4.69) is 10.1 Å². The molecule has 0 atom stereocenters. The first-order valence-electron chi connectivity index (χ1n) is 6.39. The van der Waals surface area contributed by atoms with Crippen LogP contribution in [0.2, 0.25) is 0 Å². The summed E-state index contributed by atoms with van der Waals surface area (Å²) in [5.41, 5.74) is 8.70. The monoisotopic (exact) mass is 268 g/mol. The Labute approximate surface area is 117 Å². The van der Waals surface area contributed by atoms with Gasteiger partial charge in [0.05, 0.1) is 25.5 Å². The van der Waals surface area contributed by atoms with Crippen molar-refractivity contribution >= 4 is 16.7 Å². The van der Waals surface area contributed by atoms with E-state index in [1.807, 2.05) is 37.3 Å². The molecular weight excluding hydrogens is 252 g/mol. The molecule has 0 spiro atoms. The fourth-order valence-corrected chi connectivity index (χ4v) is 2.18. The van der Waals surface area contributed by atoms with Gasteiger partial charge in [0.1, 0.15) is 17.1 Å². The van der Waals surface area contributed by atoms with Gasteiger partial charge in [-0.05, 0) is 19.1 Å². The minimum absolute atomic E-state index is 0.549. The van der Waals surface area contributed by atoms with Crippen LogP contribution in [0.25, 0.3) is 10.9 Å². The number of para-hydroxylation sites is 1. The molecule has 0 aliphatic rings. The molecular formula is C15H16N4O. The summed E-state index contributed by atoms with van der Waals surface area (Å²) in [7, 11) is 1.65. The summed E-state index contributed by atoms with van der Waals surface area (Å²) >= 11 is 0. The molecule has 2 N–H and O–H groups in total. The van der Waals surface area contributed by atoms with Crippen LogP contribution in [-0.4, -0.2) is 21.9 Å². The average Bonchev–Trinajstić information content (AvgIpc) is 2.78. The van der Waals surface area contributed by atoms with Gasteiger partial charge >= 0.3 is 0 Å². The average molecular weight is 268 g/mol. The van der Waals surface area contributed by atoms with Crippen molar-refractivity contribution in [1.82, 2.24) is 14.8 Å². The Morgan fingerprint density at radius 3 is 2.80 bits per heavy atom. The van der Waals surface area contributed by atoms with Crippen molar-refractivity contribution in [2.45, 2.75) is 13.5 Å². The van der Waals surface area contributed by atoms with E-state index < -0.39 is 0 Å². The van der Waals surface area contributed by atoms with E-state index in [1.54, 1.807) is 18.0 Å². The fraction of sp³-hybridized carbons (Fsp3) is 0.200. The Bertz CT molecular complexity index is 764. The van der Waals surface area contributed by atoms with Crippen molar-refractivity contribution in [2.75, 3.05) is 12.8 Å². The Hall–Kier alpha value is -2.56. The third-order valence-corrected chi connectivity index (χ3v) is 3.35. The number of fused-ring (bicyclic) bond motifs is 1. The summed E-state index contributed by atoms with van der Waals surface area (Å²) in [6.07, 6.45) is 1.76. The molecule has 0 fully saturated rings. The van der Waals surface area contributed by atoms with Gasteiger partial charge in [-0.1, -0.05) is 18.2 Å². The molecule has 20 heavy (non-hydrogen) atoms. The lowest BCUT2D eigenvalue weighted by atomic mass is 10.2. The molecule has 2 aromatic heterocycles. The Kier molecular flexibility index (Phi) is 3.02. The number of aryl methyl sites for hydroxylation is 1. The summed E-state index contributed by atoms with van der Waals surface area (Å²) in [4.78, 5) is 4.65. The molecule has 0 amide bonds. The zero-order valence-corrected chi connectivity index (χ0v) is 11.5. The second kappa shape index (κ2) is 4.85. The molecule has 3 aromatic rings. The van der Waals surface area contributed by atoms with Crippen LogP contribution in [0.1, 0.15) is 11.3 Å². The minimum Gasteiger partial charge on any atom is -0.494 e. The van der Waals surface area contributed by atoms with Crippen LogP contribution < -0.4 is 10.5 Å². The van der Waals surface area contributed by atoms with Crippen molar-refractivity contribution < 1.29 is 4.74 Å². The topological polar surface area (TPSA) is 66.0 Å². The third kappa shape index (κ3) is 2.07. The van der Waals surface area contributed by atoms with Crippen molar-refractivity contribution in [3.8, 4) is 5.75 Å². The predicted molar refractivity (Wildman–Crippen MR) is 78.8 cm³/mol. The maximum atomic E-state index is 5.97. The number of ether oxygens (including phenoxy) is 1. The zero-order valence-electron chi connectivity index (χ0n) is 11.5. The van der Waals surface area contributed by atoms with Gasteiger partial charge in [-0.3, -0.25) is 0 Å². The van der Waals surface area contributed by atoms with E-state index in [-0.39, 0.29) is 0 Å². The number of nitrogen functional groups attached to an aromatic ring is 1. The third-order valence-electron chi connectivity index (χ3n) is 3.35. The molecule has 0 bridgehead atoms. The van der Waals surface area contributed by atoms with Gasteiger partial charge in [0.25, 0.3) is 0 Å². The first kappa shape index (κ1) is 12.5. The van der Waals surface area contributed by atoms with Crippen LogP contribution in [0.5, 0.6) is 5.75 Å². The van der Waals surface area contributed by atoms with Crippen molar-refractivity contribution in [3.05, 3.63) is 47.8 Å². The van der Waals surface area contributed by atoms with Gasteiger partial charge in [0.15, 0.2) is 0 Å². The molecule has 0 unspecified atom stereocenters. The lowest BCUT2D eigenvalue weighted by Gasteiger charge is -2.08. The van der Waals surface area contributed by atoms with Crippen LogP contribution in [-0.2, 0) is 6.54 Å². The van der Waals surface area contributed by atoms with Crippen LogP contribution in [0, 0.1) is 6.92 Å². The number of anilines is 1. The number of nitrogens with zero attached hydrogens (tertiary/aromatic N) is 3. The van der Waals surface area contributed by atoms with Gasteiger partial charge in [-0.2, -0.15) is 5.10 Å². The van der Waals surface area contributed by atoms with Gasteiger partial charge in [0, 0.05) is 10.9 Å². The molecule has 5 nitrogen and oxygen atoms in total. The number of nitrogens with two attached hydrogens (primary N) is 1. The zero-order chi connectivity index (χ0) is 14.1. The minimum atomic E-state index is 0.549. The number of benzene rings is 1. The molecule has 0 saturated carbocycles. The summed E-state index contributed by atoms with van der Waals surface area (Å²) in [6, 6.07) is 9.90. The van der Waals surface area contributed by atoms with Gasteiger partial charge in [-0.25, -0.2) is 9.67 Å². The molecule has 0 radical (unpaired) electrons. The molecule has 2 heterocycles. The smallest absolute Gasteiger partial charge is 0.145 e. The standard InChI is InChI=1S/C15H16N4O/c1-10-8-17-19(15(10)16)9-12-7-6-11-4-3-5-13(20-2)14(11)18-12/h3-8H,9,16H2,1-2H3. The first-order chi connectivity index (χ1) is 9.69. The van der Waals surface area contributed by atoms with Crippen molar-refractivity contribution in [3.63, 3.8) is 0 Å². The highest BCUT2D eigenvalue weighted by Crippen LogP contribution is 2.24. The normalized spacial score (nSPS) is 10.9. The van der Waals surface area contributed by atoms with Gasteiger partial charge < -0.3 is 10.5 Å². The van der Waals surface area contributed by atoms with Crippen molar-refractivity contribution in [2.24, 2.45) is 0 Å². The fourth-order valence-electron chi connectivity index (χ4n) is 2.18. The van der Waals surface area contributed by atoms with Crippen molar-refractivity contribution in [1.29, 1.82) is 0 Å². The van der Waals surface area contributed by atoms with Crippen LogP contribution in [0.3, 0.4) is 0 Å². The summed E-state index contributed by atoms with van der Waals surface area (Å²) in [5.74, 6) is 1.45. The van der Waals surface area contributed by atoms with E-state index >= 15 is 0 Å². The summed E-state index contributed by atoms with van der Waals surface area (Å²) in [6.45, 7) is 2.49. The highest BCUT2D eigenvalue weighted by Gasteiger charge is 2.07. The second-order valence-corrected chi connectivity index (χ2v) is 4.71. The van der Waals surface area contributed by atoms with E-state index in [1.165, 1.54) is 0 Å². The van der Waals surface area contributed by atoms with Crippen LogP contribution >= 0.6 is 0 Å². The number of pyridine rings is 1. The lowest BCUT2D eigenvalue weighted by Crippen LogP contribution is -2.07. The molecule has 102 valence electrons. The van der Waals surface area contributed by atoms with Crippen LogP contribution in [0.4, 0.5) is 5.82 Å². The highest BCUT2D eigenvalue weighted by molar-refractivity contribution is 5.84. The lowest BCUT2D eigenvalue weighted by molar-refractivity contribution is 0.418. The SMILES string of the molecule is COc1cccc2ccc(Cn3ncc(C)c3N)nc12. The van der Waals surface area contributed by atoms with E-state index in [0.29, 0.717) is 12.4 Å². The molecule has 5 heteroatoms. The van der Waals surface area contributed by atoms with Crippen LogP contribution in [0.15, 0.2) is 36.5 Å². The van der Waals surface area contributed by atoms with Gasteiger partial charge in [0.2, 0.25) is 0 Å². The summed E-state index contributed by atoms with van der Waals surface area (Å²) in [5, 5.41) is 5.31. The molecule has 0 saturated heterocycles. The largest absolute Gasteiger partial charge is 0.494 e. The molecule has 0 aliphatic carbocycles. The Balaban J connectivity index is 2.02. The van der Waals surface area contributed by atoms with E-state index in [9.17, 15) is 0 Å². The second-order valence-electron chi connectivity index (χ2n) is 4.71. The molecule has 0 aliphatic heterocycles. The Morgan fingerprint density at radius 2 is 2.10 bits per heavy atom.